The number of benzene rings is 1. The van der Waals surface area contributed by atoms with Gasteiger partial charge in [-0.15, -0.1) is 11.3 Å². The van der Waals surface area contributed by atoms with Crippen LogP contribution >= 0.6 is 11.3 Å². The Morgan fingerprint density at radius 1 is 1.33 bits per heavy atom. The second kappa shape index (κ2) is 4.06. The summed E-state index contributed by atoms with van der Waals surface area (Å²) in [6.07, 6.45) is 0.819. The maximum Gasteiger partial charge on any atom is 0.136 e. The van der Waals surface area contributed by atoms with Crippen molar-refractivity contribution in [3.63, 3.8) is 0 Å². The molecule has 0 aliphatic rings. The minimum absolute atomic E-state index is 0.362. The second-order valence-corrected chi connectivity index (χ2v) is 3.98. The molecule has 0 fully saturated rings. The molecular formula is C11H9F2NS. The SMILES string of the molecule is CCc1csc(-c2ccc(F)cc2F)n1. The van der Waals surface area contributed by atoms with Gasteiger partial charge in [0.05, 0.1) is 5.69 Å². The molecule has 0 aliphatic carbocycles. The molecule has 0 saturated carbocycles. The van der Waals surface area contributed by atoms with Crippen LogP contribution in [0.4, 0.5) is 8.78 Å². The number of rotatable bonds is 2. The van der Waals surface area contributed by atoms with Crippen LogP contribution in [0.3, 0.4) is 0 Å². The van der Waals surface area contributed by atoms with Crippen molar-refractivity contribution in [3.8, 4) is 10.6 Å². The summed E-state index contributed by atoms with van der Waals surface area (Å²) < 4.78 is 26.1. The van der Waals surface area contributed by atoms with Gasteiger partial charge in [0.15, 0.2) is 0 Å². The van der Waals surface area contributed by atoms with Gasteiger partial charge in [-0.3, -0.25) is 0 Å². The molecule has 0 radical (unpaired) electrons. The molecule has 1 nitrogen and oxygen atoms in total. The lowest BCUT2D eigenvalue weighted by Crippen LogP contribution is -1.86. The molecule has 0 unspecified atom stereocenters. The van der Waals surface area contributed by atoms with Crippen molar-refractivity contribution in [2.75, 3.05) is 0 Å². The molecule has 15 heavy (non-hydrogen) atoms. The van der Waals surface area contributed by atoms with E-state index in [1.807, 2.05) is 12.3 Å². The van der Waals surface area contributed by atoms with Gasteiger partial charge in [-0.25, -0.2) is 13.8 Å². The largest absolute Gasteiger partial charge is 0.241 e. The Morgan fingerprint density at radius 2 is 2.13 bits per heavy atom. The lowest BCUT2D eigenvalue weighted by atomic mass is 10.2. The summed E-state index contributed by atoms with van der Waals surface area (Å²) in [6.45, 7) is 1.99. The molecule has 0 spiro atoms. The smallest absolute Gasteiger partial charge is 0.136 e. The van der Waals surface area contributed by atoms with Crippen LogP contribution in [0.1, 0.15) is 12.6 Å². The maximum absolute atomic E-state index is 13.4. The van der Waals surface area contributed by atoms with Crippen LogP contribution in [-0.4, -0.2) is 4.98 Å². The van der Waals surface area contributed by atoms with Gasteiger partial charge in [0, 0.05) is 17.0 Å². The van der Waals surface area contributed by atoms with Crippen molar-refractivity contribution in [2.24, 2.45) is 0 Å². The Labute approximate surface area is 90.4 Å². The fraction of sp³-hybridized carbons (Fsp3) is 0.182. The van der Waals surface area contributed by atoms with E-state index in [-0.39, 0.29) is 0 Å². The van der Waals surface area contributed by atoms with E-state index in [0.717, 1.165) is 18.2 Å². The average Bonchev–Trinajstić information content (AvgIpc) is 2.66. The predicted octanol–water partition coefficient (Wildman–Crippen LogP) is 3.65. The molecule has 0 aliphatic heterocycles. The highest BCUT2D eigenvalue weighted by Crippen LogP contribution is 2.26. The van der Waals surface area contributed by atoms with Crippen molar-refractivity contribution >= 4 is 11.3 Å². The summed E-state index contributed by atoms with van der Waals surface area (Å²) in [7, 11) is 0. The monoisotopic (exact) mass is 225 g/mol. The third-order valence-electron chi connectivity index (χ3n) is 2.08. The molecule has 0 atom stereocenters. The zero-order valence-corrected chi connectivity index (χ0v) is 8.94. The lowest BCUT2D eigenvalue weighted by Gasteiger charge is -1.98. The van der Waals surface area contributed by atoms with Crippen molar-refractivity contribution in [2.45, 2.75) is 13.3 Å². The van der Waals surface area contributed by atoms with Gasteiger partial charge in [-0.1, -0.05) is 6.92 Å². The fourth-order valence-electron chi connectivity index (χ4n) is 1.26. The Bertz CT molecular complexity index is 479. The first-order valence-corrected chi connectivity index (χ1v) is 5.48. The van der Waals surface area contributed by atoms with E-state index in [9.17, 15) is 8.78 Å². The van der Waals surface area contributed by atoms with Gasteiger partial charge >= 0.3 is 0 Å². The van der Waals surface area contributed by atoms with Crippen LogP contribution in [0.5, 0.6) is 0 Å². The number of thiazole rings is 1. The Kier molecular flexibility index (Phi) is 2.77. The van der Waals surface area contributed by atoms with Gasteiger partial charge in [0.25, 0.3) is 0 Å². The number of aryl methyl sites for hydroxylation is 1. The van der Waals surface area contributed by atoms with E-state index in [1.54, 1.807) is 0 Å². The van der Waals surface area contributed by atoms with E-state index >= 15 is 0 Å². The molecule has 1 aromatic carbocycles. The number of nitrogens with zero attached hydrogens (tertiary/aromatic N) is 1. The second-order valence-electron chi connectivity index (χ2n) is 3.12. The average molecular weight is 225 g/mol. The van der Waals surface area contributed by atoms with Gasteiger partial charge in [0.2, 0.25) is 0 Å². The standard InChI is InChI=1S/C11H9F2NS/c1-2-8-6-15-11(14-8)9-4-3-7(12)5-10(9)13/h3-6H,2H2,1H3. The minimum Gasteiger partial charge on any atom is -0.241 e. The van der Waals surface area contributed by atoms with Gasteiger partial charge in [0.1, 0.15) is 16.6 Å². The molecule has 78 valence electrons. The first-order chi connectivity index (χ1) is 7.20. The van der Waals surface area contributed by atoms with Crippen LogP contribution in [-0.2, 0) is 6.42 Å². The molecule has 0 amide bonds. The molecule has 4 heteroatoms. The highest BCUT2D eigenvalue weighted by molar-refractivity contribution is 7.13. The predicted molar refractivity (Wildman–Crippen MR) is 56.8 cm³/mol. The van der Waals surface area contributed by atoms with Gasteiger partial charge < -0.3 is 0 Å². The maximum atomic E-state index is 13.4. The summed E-state index contributed by atoms with van der Waals surface area (Å²) in [5, 5.41) is 2.49. The third kappa shape index (κ3) is 2.04. The van der Waals surface area contributed by atoms with Crippen LogP contribution in [0.15, 0.2) is 23.6 Å². The Morgan fingerprint density at radius 3 is 2.73 bits per heavy atom. The third-order valence-corrected chi connectivity index (χ3v) is 3.00. The first kappa shape index (κ1) is 10.2. The summed E-state index contributed by atoms with van der Waals surface area (Å²) in [6, 6.07) is 3.54. The summed E-state index contributed by atoms with van der Waals surface area (Å²) in [5.74, 6) is -1.13. The Balaban J connectivity index is 2.44. The van der Waals surface area contributed by atoms with Crippen molar-refractivity contribution in [1.82, 2.24) is 4.98 Å². The molecular weight excluding hydrogens is 216 g/mol. The van der Waals surface area contributed by atoms with Gasteiger partial charge in [-0.2, -0.15) is 0 Å². The van der Waals surface area contributed by atoms with Crippen molar-refractivity contribution in [1.29, 1.82) is 0 Å². The number of hydrogen-bond acceptors (Lipinski definition) is 2. The molecule has 0 N–H and O–H groups in total. The first-order valence-electron chi connectivity index (χ1n) is 4.60. The normalized spacial score (nSPS) is 10.6. The van der Waals surface area contributed by atoms with E-state index in [2.05, 4.69) is 4.98 Å². The van der Waals surface area contributed by atoms with Crippen LogP contribution in [0.25, 0.3) is 10.6 Å². The number of halogens is 2. The molecule has 0 saturated heterocycles. The molecule has 2 aromatic rings. The minimum atomic E-state index is -0.566. The van der Waals surface area contributed by atoms with Crippen molar-refractivity contribution in [3.05, 3.63) is 40.9 Å². The summed E-state index contributed by atoms with van der Waals surface area (Å²) >= 11 is 1.37. The Hall–Kier alpha value is -1.29. The van der Waals surface area contributed by atoms with Gasteiger partial charge in [-0.05, 0) is 18.6 Å². The molecule has 2 rings (SSSR count). The van der Waals surface area contributed by atoms with E-state index in [4.69, 9.17) is 0 Å². The van der Waals surface area contributed by atoms with Crippen molar-refractivity contribution < 1.29 is 8.78 Å². The quantitative estimate of drug-likeness (QED) is 0.760. The van der Waals surface area contributed by atoms with Crippen LogP contribution < -0.4 is 0 Å². The van der Waals surface area contributed by atoms with E-state index in [0.29, 0.717) is 10.6 Å². The zero-order valence-electron chi connectivity index (χ0n) is 8.13. The lowest BCUT2D eigenvalue weighted by molar-refractivity contribution is 0.585. The van der Waals surface area contributed by atoms with E-state index in [1.165, 1.54) is 23.5 Å². The molecule has 0 bridgehead atoms. The topological polar surface area (TPSA) is 12.9 Å². The molecule has 1 heterocycles. The fourth-order valence-corrected chi connectivity index (χ4v) is 2.19. The van der Waals surface area contributed by atoms with Crippen LogP contribution in [0.2, 0.25) is 0 Å². The molecule has 1 aromatic heterocycles. The zero-order chi connectivity index (χ0) is 10.8. The highest BCUT2D eigenvalue weighted by Gasteiger charge is 2.09. The van der Waals surface area contributed by atoms with Crippen LogP contribution in [0, 0.1) is 11.6 Å². The number of hydrogen-bond donors (Lipinski definition) is 0. The highest BCUT2D eigenvalue weighted by atomic mass is 32.1. The summed E-state index contributed by atoms with van der Waals surface area (Å²) in [5.41, 5.74) is 1.29. The van der Waals surface area contributed by atoms with E-state index < -0.39 is 11.6 Å². The number of aromatic nitrogens is 1. The summed E-state index contributed by atoms with van der Waals surface area (Å²) in [4.78, 5) is 4.25.